The highest BCUT2D eigenvalue weighted by Crippen LogP contribution is 2.21. The van der Waals surface area contributed by atoms with Crippen LogP contribution in [0.3, 0.4) is 0 Å². The Labute approximate surface area is 132 Å². The molecule has 0 saturated heterocycles. The van der Waals surface area contributed by atoms with Crippen LogP contribution in [0.2, 0.25) is 0 Å². The number of ether oxygens (including phenoxy) is 1. The second kappa shape index (κ2) is 6.31. The molecule has 3 rings (SSSR count). The first-order chi connectivity index (χ1) is 11.2. The number of nitrogens with zero attached hydrogens (tertiary/aromatic N) is 2. The van der Waals surface area contributed by atoms with Crippen LogP contribution < -0.4 is 5.56 Å². The fraction of sp³-hybridized carbons (Fsp3) is 0.118. The first kappa shape index (κ1) is 14.8. The molecule has 0 aliphatic heterocycles. The number of rotatable bonds is 4. The maximum atomic E-state index is 11.9. The molecule has 0 atom stereocenters. The Hall–Kier alpha value is -3.15. The highest BCUT2D eigenvalue weighted by molar-refractivity contribution is 5.93. The predicted molar refractivity (Wildman–Crippen MR) is 86.8 cm³/mol. The number of esters is 1. The molecular formula is C17H15N3O3. The van der Waals surface area contributed by atoms with Gasteiger partial charge in [0, 0.05) is 12.3 Å². The zero-order valence-electron chi connectivity index (χ0n) is 12.5. The molecule has 1 N–H and O–H groups in total. The lowest BCUT2D eigenvalue weighted by Crippen LogP contribution is -2.08. The van der Waals surface area contributed by atoms with E-state index in [1.54, 1.807) is 23.8 Å². The Morgan fingerprint density at radius 2 is 2.09 bits per heavy atom. The molecule has 0 aliphatic rings. The van der Waals surface area contributed by atoms with Crippen LogP contribution in [-0.2, 0) is 9.53 Å². The molecule has 0 aliphatic carbocycles. The highest BCUT2D eigenvalue weighted by atomic mass is 16.5. The molecule has 0 radical (unpaired) electrons. The first-order valence-corrected chi connectivity index (χ1v) is 7.19. The van der Waals surface area contributed by atoms with Crippen molar-refractivity contribution in [2.24, 2.45) is 0 Å². The van der Waals surface area contributed by atoms with Gasteiger partial charge in [0.25, 0.3) is 5.56 Å². The Balaban J connectivity index is 2.20. The van der Waals surface area contributed by atoms with Crippen LogP contribution in [0.5, 0.6) is 0 Å². The summed E-state index contributed by atoms with van der Waals surface area (Å²) in [5.74, 6) is -0.446. The minimum atomic E-state index is -0.446. The molecule has 1 aromatic carbocycles. The van der Waals surface area contributed by atoms with Crippen LogP contribution in [0.4, 0.5) is 0 Å². The van der Waals surface area contributed by atoms with Crippen molar-refractivity contribution in [3.63, 3.8) is 0 Å². The first-order valence-electron chi connectivity index (χ1n) is 7.19. The van der Waals surface area contributed by atoms with Gasteiger partial charge < -0.3 is 14.3 Å². The summed E-state index contributed by atoms with van der Waals surface area (Å²) < 4.78 is 6.72. The minimum absolute atomic E-state index is 0.225. The maximum absolute atomic E-state index is 11.9. The Morgan fingerprint density at radius 1 is 1.30 bits per heavy atom. The van der Waals surface area contributed by atoms with Crippen molar-refractivity contribution in [2.75, 3.05) is 6.61 Å². The molecule has 0 unspecified atom stereocenters. The van der Waals surface area contributed by atoms with E-state index in [1.165, 1.54) is 12.4 Å². The van der Waals surface area contributed by atoms with Crippen molar-refractivity contribution in [1.82, 2.24) is 14.5 Å². The molecule has 0 fully saturated rings. The van der Waals surface area contributed by atoms with E-state index in [0.29, 0.717) is 23.3 Å². The molecule has 2 heterocycles. The van der Waals surface area contributed by atoms with Gasteiger partial charge in [-0.05, 0) is 18.6 Å². The fourth-order valence-electron chi connectivity index (χ4n) is 2.35. The number of hydrogen-bond acceptors (Lipinski definition) is 4. The number of H-pyrrole nitrogens is 1. The molecule has 6 nitrogen and oxygen atoms in total. The zero-order valence-corrected chi connectivity index (χ0v) is 12.5. The Kier molecular flexibility index (Phi) is 4.05. The van der Waals surface area contributed by atoms with Crippen molar-refractivity contribution in [3.8, 4) is 0 Å². The lowest BCUT2D eigenvalue weighted by atomic mass is 10.1. The predicted octanol–water partition coefficient (Wildman–Crippen LogP) is 2.18. The molecule has 3 aromatic rings. The number of carbonyl (C=O) groups excluding carboxylic acids is 1. The smallest absolute Gasteiger partial charge is 0.332 e. The Bertz CT molecular complexity index is 923. The molecule has 0 amide bonds. The monoisotopic (exact) mass is 309 g/mol. The minimum Gasteiger partial charge on any atom is -0.463 e. The largest absolute Gasteiger partial charge is 0.463 e. The molecule has 6 heteroatoms. The fourth-order valence-corrected chi connectivity index (χ4v) is 2.35. The third kappa shape index (κ3) is 2.91. The third-order valence-corrected chi connectivity index (χ3v) is 3.36. The van der Waals surface area contributed by atoms with Crippen molar-refractivity contribution >= 4 is 22.7 Å². The molecule has 23 heavy (non-hydrogen) atoms. The molecule has 0 spiro atoms. The summed E-state index contributed by atoms with van der Waals surface area (Å²) in [4.78, 5) is 30.5. The van der Waals surface area contributed by atoms with Gasteiger partial charge in [0.1, 0.15) is 0 Å². The second-order valence-electron chi connectivity index (χ2n) is 4.80. The van der Waals surface area contributed by atoms with Crippen LogP contribution in [0.25, 0.3) is 16.7 Å². The third-order valence-electron chi connectivity index (χ3n) is 3.36. The van der Waals surface area contributed by atoms with Gasteiger partial charge >= 0.3 is 5.97 Å². The topological polar surface area (TPSA) is 77.0 Å². The van der Waals surface area contributed by atoms with E-state index in [9.17, 15) is 9.59 Å². The van der Waals surface area contributed by atoms with Crippen LogP contribution in [0.15, 0.2) is 59.8 Å². The number of aromatic amines is 1. The standard InChI is InChI=1S/C17H15N3O3/c1-2-23-15(21)10-14(12-6-4-3-5-7-12)20-9-8-13-16(20)18-11-19-17(13)22/h3-11H,2H2,1H3,(H,18,19,22)/b14-10-. The van der Waals surface area contributed by atoms with E-state index in [4.69, 9.17) is 4.74 Å². The van der Waals surface area contributed by atoms with Gasteiger partial charge in [-0.15, -0.1) is 0 Å². The molecule has 2 aromatic heterocycles. The van der Waals surface area contributed by atoms with Crippen molar-refractivity contribution < 1.29 is 9.53 Å². The second-order valence-corrected chi connectivity index (χ2v) is 4.80. The van der Waals surface area contributed by atoms with Crippen LogP contribution in [0.1, 0.15) is 12.5 Å². The highest BCUT2D eigenvalue weighted by Gasteiger charge is 2.13. The van der Waals surface area contributed by atoms with E-state index in [0.717, 1.165) is 5.56 Å². The summed E-state index contributed by atoms with van der Waals surface area (Å²) in [6.45, 7) is 2.04. The average molecular weight is 309 g/mol. The van der Waals surface area contributed by atoms with Crippen molar-refractivity contribution in [3.05, 3.63) is 70.9 Å². The van der Waals surface area contributed by atoms with E-state index in [1.807, 2.05) is 30.3 Å². The van der Waals surface area contributed by atoms with Crippen LogP contribution in [-0.4, -0.2) is 27.1 Å². The molecular weight excluding hydrogens is 294 g/mol. The maximum Gasteiger partial charge on any atom is 0.332 e. The van der Waals surface area contributed by atoms with Gasteiger partial charge in [0.2, 0.25) is 0 Å². The normalized spacial score (nSPS) is 11.6. The summed E-state index contributed by atoms with van der Waals surface area (Å²) >= 11 is 0. The summed E-state index contributed by atoms with van der Waals surface area (Å²) in [7, 11) is 0. The molecule has 0 bridgehead atoms. The SMILES string of the molecule is CCOC(=O)/C=C(/c1ccccc1)n1ccc2c(=O)[nH]cnc21. The summed E-state index contributed by atoms with van der Waals surface area (Å²) in [5.41, 5.74) is 1.67. The summed E-state index contributed by atoms with van der Waals surface area (Å²) in [6, 6.07) is 11.1. The quantitative estimate of drug-likeness (QED) is 0.592. The molecule has 116 valence electrons. The van der Waals surface area contributed by atoms with Crippen LogP contribution in [0, 0.1) is 0 Å². The number of carbonyl (C=O) groups is 1. The van der Waals surface area contributed by atoms with E-state index in [2.05, 4.69) is 9.97 Å². The number of hydrogen-bond donors (Lipinski definition) is 1. The summed E-state index contributed by atoms with van der Waals surface area (Å²) in [6.07, 6.45) is 4.46. The van der Waals surface area contributed by atoms with Gasteiger partial charge in [-0.1, -0.05) is 30.3 Å². The van der Waals surface area contributed by atoms with Crippen molar-refractivity contribution in [2.45, 2.75) is 6.92 Å². The van der Waals surface area contributed by atoms with E-state index >= 15 is 0 Å². The van der Waals surface area contributed by atoms with Gasteiger partial charge in [0.15, 0.2) is 5.65 Å². The Morgan fingerprint density at radius 3 is 2.83 bits per heavy atom. The van der Waals surface area contributed by atoms with Crippen molar-refractivity contribution in [1.29, 1.82) is 0 Å². The number of benzene rings is 1. The molecule has 0 saturated carbocycles. The van der Waals surface area contributed by atoms with Gasteiger partial charge in [0.05, 0.1) is 24.0 Å². The number of aromatic nitrogens is 3. The average Bonchev–Trinajstić information content (AvgIpc) is 2.99. The lowest BCUT2D eigenvalue weighted by Gasteiger charge is -2.10. The zero-order chi connectivity index (χ0) is 16.2. The van der Waals surface area contributed by atoms with E-state index < -0.39 is 5.97 Å². The van der Waals surface area contributed by atoms with Gasteiger partial charge in [-0.25, -0.2) is 9.78 Å². The van der Waals surface area contributed by atoms with Crippen LogP contribution >= 0.6 is 0 Å². The van der Waals surface area contributed by atoms with Gasteiger partial charge in [-0.2, -0.15) is 0 Å². The number of fused-ring (bicyclic) bond motifs is 1. The van der Waals surface area contributed by atoms with E-state index in [-0.39, 0.29) is 5.56 Å². The number of nitrogens with one attached hydrogen (secondary N) is 1. The summed E-state index contributed by atoms with van der Waals surface area (Å²) in [5, 5.41) is 0.457. The van der Waals surface area contributed by atoms with Gasteiger partial charge in [-0.3, -0.25) is 4.79 Å². The lowest BCUT2D eigenvalue weighted by molar-refractivity contribution is -0.137.